The maximum absolute atomic E-state index is 12.1. The summed E-state index contributed by atoms with van der Waals surface area (Å²) in [5.74, 6) is -1.34. The normalized spacial score (nSPS) is 10.1. The Bertz CT molecular complexity index is 778. The highest BCUT2D eigenvalue weighted by Crippen LogP contribution is 2.17. The maximum Gasteiger partial charge on any atom is 0.292 e. The molecule has 0 saturated carbocycles. The van der Waals surface area contributed by atoms with Crippen LogP contribution in [-0.4, -0.2) is 24.6 Å². The maximum atomic E-state index is 12.1. The minimum absolute atomic E-state index is 0.365. The van der Waals surface area contributed by atoms with Crippen LogP contribution in [0.3, 0.4) is 0 Å². The van der Waals surface area contributed by atoms with E-state index in [2.05, 4.69) is 5.32 Å². The molecule has 0 aliphatic rings. The number of amides is 1. The number of rotatable bonds is 6. The van der Waals surface area contributed by atoms with Crippen LogP contribution in [0.15, 0.2) is 42.5 Å². The van der Waals surface area contributed by atoms with Gasteiger partial charge < -0.3 is 10.1 Å². The van der Waals surface area contributed by atoms with E-state index >= 15 is 0 Å². The van der Waals surface area contributed by atoms with E-state index < -0.39 is 23.9 Å². The lowest BCUT2D eigenvalue weighted by Crippen LogP contribution is -2.25. The highest BCUT2D eigenvalue weighted by molar-refractivity contribution is 6.44. The number of hydrogen-bond donors (Lipinski definition) is 1. The topological polar surface area (TPSA) is 72.5 Å². The van der Waals surface area contributed by atoms with E-state index in [0.29, 0.717) is 17.0 Å². The zero-order valence-corrected chi connectivity index (χ0v) is 13.9. The van der Waals surface area contributed by atoms with Crippen LogP contribution >= 0.6 is 0 Å². The first kappa shape index (κ1) is 17.4. The highest BCUT2D eigenvalue weighted by atomic mass is 16.5. The molecule has 0 fully saturated rings. The first-order valence-electron chi connectivity index (χ1n) is 7.49. The minimum Gasteiger partial charge on any atom is -0.497 e. The van der Waals surface area contributed by atoms with E-state index in [0.717, 1.165) is 11.1 Å². The second-order valence-corrected chi connectivity index (χ2v) is 5.52. The van der Waals surface area contributed by atoms with E-state index in [1.165, 1.54) is 7.11 Å². The Morgan fingerprint density at radius 1 is 1.00 bits per heavy atom. The molecule has 0 atom stereocenters. The smallest absolute Gasteiger partial charge is 0.292 e. The van der Waals surface area contributed by atoms with E-state index in [-0.39, 0.29) is 0 Å². The van der Waals surface area contributed by atoms with Gasteiger partial charge in [0, 0.05) is 11.3 Å². The quantitative estimate of drug-likeness (QED) is 0.503. The summed E-state index contributed by atoms with van der Waals surface area (Å²) < 4.78 is 5.01. The van der Waals surface area contributed by atoms with Crippen molar-refractivity contribution >= 4 is 23.2 Å². The van der Waals surface area contributed by atoms with Gasteiger partial charge in [-0.25, -0.2) is 0 Å². The van der Waals surface area contributed by atoms with Crippen LogP contribution in [0, 0.1) is 13.8 Å². The van der Waals surface area contributed by atoms with E-state index in [1.54, 1.807) is 30.3 Å². The predicted octanol–water partition coefficient (Wildman–Crippen LogP) is 3.09. The number of ether oxygens (including phenoxy) is 1. The molecule has 0 aromatic heterocycles. The molecule has 0 spiro atoms. The van der Waals surface area contributed by atoms with Gasteiger partial charge >= 0.3 is 0 Å². The van der Waals surface area contributed by atoms with Gasteiger partial charge in [-0.15, -0.1) is 0 Å². The summed E-state index contributed by atoms with van der Waals surface area (Å²) >= 11 is 0. The van der Waals surface area contributed by atoms with Crippen molar-refractivity contribution in [3.8, 4) is 5.75 Å². The third-order valence-corrected chi connectivity index (χ3v) is 3.63. The molecule has 124 valence electrons. The molecule has 2 aromatic carbocycles. The van der Waals surface area contributed by atoms with Crippen LogP contribution in [0.4, 0.5) is 5.69 Å². The lowest BCUT2D eigenvalue weighted by atomic mass is 10.1. The molecule has 0 unspecified atom stereocenters. The van der Waals surface area contributed by atoms with Crippen molar-refractivity contribution in [1.82, 2.24) is 0 Å². The fourth-order valence-electron chi connectivity index (χ4n) is 2.17. The number of hydrogen-bond acceptors (Lipinski definition) is 4. The van der Waals surface area contributed by atoms with Crippen LogP contribution in [0.25, 0.3) is 0 Å². The Labute approximate surface area is 140 Å². The second kappa shape index (κ2) is 7.55. The molecule has 2 aromatic rings. The van der Waals surface area contributed by atoms with Gasteiger partial charge in [0.15, 0.2) is 5.78 Å². The van der Waals surface area contributed by atoms with Crippen LogP contribution in [0.1, 0.15) is 27.9 Å². The average molecular weight is 325 g/mol. The first-order valence-corrected chi connectivity index (χ1v) is 7.49. The molecule has 5 heteroatoms. The van der Waals surface area contributed by atoms with Gasteiger partial charge in [0.25, 0.3) is 5.91 Å². The Kier molecular flexibility index (Phi) is 5.47. The summed E-state index contributed by atoms with van der Waals surface area (Å²) in [7, 11) is 1.53. The molecule has 5 nitrogen and oxygen atoms in total. The third kappa shape index (κ3) is 4.29. The Morgan fingerprint density at radius 3 is 2.29 bits per heavy atom. The van der Waals surface area contributed by atoms with Crippen molar-refractivity contribution in [2.45, 2.75) is 20.3 Å². The van der Waals surface area contributed by atoms with Crippen LogP contribution in [0.2, 0.25) is 0 Å². The lowest BCUT2D eigenvalue weighted by Gasteiger charge is -2.08. The van der Waals surface area contributed by atoms with Crippen molar-refractivity contribution in [3.05, 3.63) is 59.2 Å². The summed E-state index contributed by atoms with van der Waals surface area (Å²) in [4.78, 5) is 36.1. The van der Waals surface area contributed by atoms with Gasteiger partial charge in [0.1, 0.15) is 5.75 Å². The number of carbonyl (C=O) groups excluding carboxylic acids is 3. The van der Waals surface area contributed by atoms with Crippen LogP contribution in [0.5, 0.6) is 5.75 Å². The van der Waals surface area contributed by atoms with Crippen LogP contribution in [-0.2, 0) is 9.59 Å². The minimum atomic E-state index is -0.787. The molecule has 2 rings (SSSR count). The number of aryl methyl sites for hydroxylation is 2. The van der Waals surface area contributed by atoms with Gasteiger partial charge in [0.05, 0.1) is 13.5 Å². The Morgan fingerprint density at radius 2 is 1.67 bits per heavy atom. The molecule has 0 aliphatic carbocycles. The molecule has 24 heavy (non-hydrogen) atoms. The zero-order valence-electron chi connectivity index (χ0n) is 13.9. The summed E-state index contributed by atoms with van der Waals surface area (Å²) in [6.07, 6.45) is -0.469. The third-order valence-electron chi connectivity index (χ3n) is 3.63. The van der Waals surface area contributed by atoms with Gasteiger partial charge in [-0.05, 0) is 55.3 Å². The zero-order chi connectivity index (χ0) is 17.7. The number of Topliss-reactive ketones (excluding diaryl/α,β-unsaturated/α-hetero) is 2. The van der Waals surface area contributed by atoms with Crippen molar-refractivity contribution in [2.75, 3.05) is 12.4 Å². The summed E-state index contributed by atoms with van der Waals surface area (Å²) in [6, 6.07) is 12.0. The molecule has 0 aliphatic heterocycles. The Balaban J connectivity index is 2.01. The SMILES string of the molecule is COc1ccc(C(=O)CC(=O)C(=O)Nc2cc(C)ccc2C)cc1. The molecule has 1 N–H and O–H groups in total. The molecule has 0 radical (unpaired) electrons. The number of nitrogens with one attached hydrogen (secondary N) is 1. The number of methoxy groups -OCH3 is 1. The van der Waals surface area contributed by atoms with E-state index in [1.807, 2.05) is 26.0 Å². The largest absolute Gasteiger partial charge is 0.497 e. The van der Waals surface area contributed by atoms with Crippen molar-refractivity contribution in [1.29, 1.82) is 0 Å². The molecule has 0 bridgehead atoms. The number of anilines is 1. The van der Waals surface area contributed by atoms with E-state index in [9.17, 15) is 14.4 Å². The number of carbonyl (C=O) groups is 3. The monoisotopic (exact) mass is 325 g/mol. The second-order valence-electron chi connectivity index (χ2n) is 5.52. The van der Waals surface area contributed by atoms with Crippen molar-refractivity contribution in [3.63, 3.8) is 0 Å². The highest BCUT2D eigenvalue weighted by Gasteiger charge is 2.19. The molecular weight excluding hydrogens is 306 g/mol. The van der Waals surface area contributed by atoms with Gasteiger partial charge in [-0.1, -0.05) is 12.1 Å². The number of ketones is 2. The standard InChI is InChI=1S/C19H19NO4/c1-12-4-5-13(2)16(10-12)20-19(23)18(22)11-17(21)14-6-8-15(24-3)9-7-14/h4-10H,11H2,1-3H3,(H,20,23). The fraction of sp³-hybridized carbons (Fsp3) is 0.211. The summed E-state index contributed by atoms with van der Waals surface area (Å²) in [6.45, 7) is 3.73. The summed E-state index contributed by atoms with van der Waals surface area (Å²) in [5, 5.41) is 2.57. The van der Waals surface area contributed by atoms with Gasteiger partial charge in [-0.2, -0.15) is 0 Å². The Hall–Kier alpha value is -2.95. The fourth-order valence-corrected chi connectivity index (χ4v) is 2.17. The molecule has 0 heterocycles. The van der Waals surface area contributed by atoms with Gasteiger partial charge in [-0.3, -0.25) is 14.4 Å². The first-order chi connectivity index (χ1) is 11.4. The van der Waals surface area contributed by atoms with Gasteiger partial charge in [0.2, 0.25) is 5.78 Å². The van der Waals surface area contributed by atoms with Crippen molar-refractivity contribution in [2.24, 2.45) is 0 Å². The molecular formula is C19H19NO4. The molecule has 0 saturated heterocycles. The lowest BCUT2D eigenvalue weighted by molar-refractivity contribution is -0.134. The summed E-state index contributed by atoms with van der Waals surface area (Å²) in [5.41, 5.74) is 2.76. The van der Waals surface area contributed by atoms with Crippen LogP contribution < -0.4 is 10.1 Å². The molecule has 1 amide bonds. The average Bonchev–Trinajstić information content (AvgIpc) is 2.58. The van der Waals surface area contributed by atoms with E-state index in [4.69, 9.17) is 4.74 Å². The number of benzene rings is 2. The van der Waals surface area contributed by atoms with Crippen molar-refractivity contribution < 1.29 is 19.1 Å². The predicted molar refractivity (Wildman–Crippen MR) is 91.5 cm³/mol.